The van der Waals surface area contributed by atoms with Gasteiger partial charge in [-0.3, -0.25) is 5.10 Å². The molecule has 1 aromatic heterocycles. The highest BCUT2D eigenvalue weighted by Gasteiger charge is 2.30. The number of nitrogens with zero attached hydrogens (tertiary/aromatic N) is 2. The van der Waals surface area contributed by atoms with Crippen molar-refractivity contribution in [3.8, 4) is 17.0 Å². The highest BCUT2D eigenvalue weighted by molar-refractivity contribution is 5.72. The lowest BCUT2D eigenvalue weighted by Crippen LogP contribution is -2.19. The average Bonchev–Trinajstić information content (AvgIpc) is 3.21. The van der Waals surface area contributed by atoms with Gasteiger partial charge in [0.05, 0.1) is 12.2 Å². The zero-order valence-electron chi connectivity index (χ0n) is 14.1. The fourth-order valence-electron chi connectivity index (χ4n) is 3.14. The number of hydrogen-bond donors (Lipinski definition) is 1. The molecular formula is C19H15F4N3O. The van der Waals surface area contributed by atoms with Gasteiger partial charge in [-0.25, -0.2) is 4.39 Å². The number of hydrogen-bond acceptors (Lipinski definition) is 3. The van der Waals surface area contributed by atoms with Crippen molar-refractivity contribution in [3.63, 3.8) is 0 Å². The minimum atomic E-state index is -4.42. The zero-order valence-corrected chi connectivity index (χ0v) is 14.1. The fourth-order valence-corrected chi connectivity index (χ4v) is 3.14. The van der Waals surface area contributed by atoms with Crippen molar-refractivity contribution in [3.05, 3.63) is 65.6 Å². The maximum atomic E-state index is 13.1. The lowest BCUT2D eigenvalue weighted by molar-refractivity contribution is -0.153. The minimum absolute atomic E-state index is 0.129. The van der Waals surface area contributed by atoms with Crippen LogP contribution in [0.25, 0.3) is 11.3 Å². The first kappa shape index (κ1) is 17.4. The predicted octanol–water partition coefficient (Wildman–Crippen LogP) is 4.68. The number of ether oxygens (including phenoxy) is 1. The highest BCUT2D eigenvalue weighted by atomic mass is 19.4. The maximum Gasteiger partial charge on any atom is 0.422 e. The second-order valence-corrected chi connectivity index (χ2v) is 6.26. The first-order valence-electron chi connectivity index (χ1n) is 8.26. The normalized spacial score (nSPS) is 13.7. The number of fused-ring (bicyclic) bond motifs is 1. The minimum Gasteiger partial charge on any atom is -0.483 e. The Bertz CT molecular complexity index is 950. The Morgan fingerprint density at radius 1 is 1.04 bits per heavy atom. The number of aromatic nitrogens is 2. The van der Waals surface area contributed by atoms with Crippen LogP contribution in [0.2, 0.25) is 0 Å². The Morgan fingerprint density at radius 2 is 1.78 bits per heavy atom. The van der Waals surface area contributed by atoms with E-state index in [9.17, 15) is 17.6 Å². The summed E-state index contributed by atoms with van der Waals surface area (Å²) in [7, 11) is 0. The summed E-state index contributed by atoms with van der Waals surface area (Å²) in [5.74, 6) is -0.182. The third-order valence-electron chi connectivity index (χ3n) is 4.38. The van der Waals surface area contributed by atoms with Crippen LogP contribution in [0.1, 0.15) is 11.3 Å². The summed E-state index contributed by atoms with van der Waals surface area (Å²) in [6.07, 6.45) is -4.42. The molecule has 1 N–H and O–H groups in total. The lowest BCUT2D eigenvalue weighted by atomic mass is 10.1. The summed E-state index contributed by atoms with van der Waals surface area (Å²) in [4.78, 5) is 2.03. The second kappa shape index (κ2) is 6.61. The molecule has 0 bridgehead atoms. The van der Waals surface area contributed by atoms with Gasteiger partial charge in [0.15, 0.2) is 6.61 Å². The monoisotopic (exact) mass is 377 g/mol. The molecule has 0 atom stereocenters. The fraction of sp³-hybridized carbons (Fsp3) is 0.211. The number of anilines is 1. The van der Waals surface area contributed by atoms with Crippen LogP contribution < -0.4 is 9.64 Å². The molecule has 27 heavy (non-hydrogen) atoms. The van der Waals surface area contributed by atoms with Gasteiger partial charge in [-0.2, -0.15) is 18.3 Å². The molecule has 2 heterocycles. The van der Waals surface area contributed by atoms with Gasteiger partial charge in [-0.05, 0) is 36.4 Å². The molecule has 0 unspecified atom stereocenters. The van der Waals surface area contributed by atoms with Crippen LogP contribution in [0, 0.1) is 5.82 Å². The molecule has 0 saturated heterocycles. The molecule has 4 nitrogen and oxygen atoms in total. The Hall–Kier alpha value is -3.03. The van der Waals surface area contributed by atoms with Crippen molar-refractivity contribution in [1.29, 1.82) is 0 Å². The van der Waals surface area contributed by atoms with Gasteiger partial charge < -0.3 is 9.64 Å². The molecule has 0 radical (unpaired) electrons. The first-order valence-corrected chi connectivity index (χ1v) is 8.26. The summed E-state index contributed by atoms with van der Waals surface area (Å²) >= 11 is 0. The second-order valence-electron chi connectivity index (χ2n) is 6.26. The van der Waals surface area contributed by atoms with Crippen LogP contribution in [0.15, 0.2) is 48.5 Å². The van der Waals surface area contributed by atoms with Gasteiger partial charge in [0, 0.05) is 23.4 Å². The third-order valence-corrected chi connectivity index (χ3v) is 4.38. The molecule has 0 saturated carbocycles. The number of alkyl halides is 3. The van der Waals surface area contributed by atoms with E-state index >= 15 is 0 Å². The van der Waals surface area contributed by atoms with Crippen molar-refractivity contribution in [1.82, 2.24) is 10.2 Å². The van der Waals surface area contributed by atoms with E-state index in [4.69, 9.17) is 4.74 Å². The van der Waals surface area contributed by atoms with Gasteiger partial charge in [-0.1, -0.05) is 12.1 Å². The molecule has 140 valence electrons. The van der Waals surface area contributed by atoms with Crippen LogP contribution in [0.4, 0.5) is 23.2 Å². The molecule has 0 spiro atoms. The topological polar surface area (TPSA) is 41.2 Å². The van der Waals surface area contributed by atoms with Crippen molar-refractivity contribution in [2.24, 2.45) is 0 Å². The van der Waals surface area contributed by atoms with Gasteiger partial charge in [0.25, 0.3) is 0 Å². The standard InChI is InChI=1S/C19H15F4N3O/c20-12-5-7-13(8-6-12)26-9-15-16(10-26)24-25-18(15)14-3-1-2-4-17(14)27-11-19(21,22)23/h1-8H,9-11H2,(H,24,25). The molecule has 4 rings (SSSR count). The molecule has 3 aromatic rings. The molecule has 8 heteroatoms. The van der Waals surface area contributed by atoms with Gasteiger partial charge in [0.1, 0.15) is 17.3 Å². The van der Waals surface area contributed by atoms with E-state index in [0.717, 1.165) is 16.9 Å². The Kier molecular flexibility index (Phi) is 4.25. The third kappa shape index (κ3) is 3.60. The van der Waals surface area contributed by atoms with Gasteiger partial charge in [0.2, 0.25) is 0 Å². The summed E-state index contributed by atoms with van der Waals surface area (Å²) in [5.41, 5.74) is 3.68. The Balaban J connectivity index is 1.61. The number of H-pyrrole nitrogens is 1. The van der Waals surface area contributed by atoms with E-state index in [1.165, 1.54) is 18.2 Å². The van der Waals surface area contributed by atoms with Crippen LogP contribution in [0.3, 0.4) is 0 Å². The van der Waals surface area contributed by atoms with E-state index < -0.39 is 12.8 Å². The zero-order chi connectivity index (χ0) is 19.0. The molecule has 0 amide bonds. The van der Waals surface area contributed by atoms with Crippen LogP contribution in [-0.4, -0.2) is 23.0 Å². The van der Waals surface area contributed by atoms with Gasteiger partial charge in [-0.15, -0.1) is 0 Å². The van der Waals surface area contributed by atoms with Crippen molar-refractivity contribution >= 4 is 5.69 Å². The van der Waals surface area contributed by atoms with E-state index in [-0.39, 0.29) is 11.6 Å². The number of halogens is 4. The van der Waals surface area contributed by atoms with E-state index in [0.29, 0.717) is 24.3 Å². The van der Waals surface area contributed by atoms with Crippen LogP contribution in [0.5, 0.6) is 5.75 Å². The quantitative estimate of drug-likeness (QED) is 0.672. The summed E-state index contributed by atoms with van der Waals surface area (Å²) in [6.45, 7) is -0.293. The number of aromatic amines is 1. The summed E-state index contributed by atoms with van der Waals surface area (Å²) < 4.78 is 55.7. The highest BCUT2D eigenvalue weighted by Crippen LogP contribution is 2.37. The summed E-state index contributed by atoms with van der Waals surface area (Å²) in [6, 6.07) is 12.7. The molecule has 1 aliphatic rings. The number of para-hydroxylation sites is 1. The average molecular weight is 377 g/mol. The van der Waals surface area contributed by atoms with Crippen molar-refractivity contribution in [2.45, 2.75) is 19.3 Å². The van der Waals surface area contributed by atoms with E-state index in [1.54, 1.807) is 30.3 Å². The Morgan fingerprint density at radius 3 is 2.52 bits per heavy atom. The Labute approximate surface area is 152 Å². The molecule has 1 aliphatic heterocycles. The molecule has 0 aliphatic carbocycles. The van der Waals surface area contributed by atoms with E-state index in [1.807, 2.05) is 4.90 Å². The largest absolute Gasteiger partial charge is 0.483 e. The number of nitrogens with one attached hydrogen (secondary N) is 1. The molecular weight excluding hydrogens is 362 g/mol. The SMILES string of the molecule is Fc1ccc(N2Cc3[nH]nc(-c4ccccc4OCC(F)(F)F)c3C2)cc1. The van der Waals surface area contributed by atoms with Gasteiger partial charge >= 0.3 is 6.18 Å². The smallest absolute Gasteiger partial charge is 0.422 e. The maximum absolute atomic E-state index is 13.1. The van der Waals surface area contributed by atoms with E-state index in [2.05, 4.69) is 10.2 Å². The predicted molar refractivity (Wildman–Crippen MR) is 91.9 cm³/mol. The number of benzene rings is 2. The lowest BCUT2D eigenvalue weighted by Gasteiger charge is -2.18. The van der Waals surface area contributed by atoms with Crippen molar-refractivity contribution < 1.29 is 22.3 Å². The van der Waals surface area contributed by atoms with Crippen LogP contribution >= 0.6 is 0 Å². The summed E-state index contributed by atoms with van der Waals surface area (Å²) in [5, 5.41) is 7.23. The molecule has 2 aromatic carbocycles. The first-order chi connectivity index (χ1) is 12.9. The molecule has 0 fully saturated rings. The van der Waals surface area contributed by atoms with Crippen LogP contribution in [-0.2, 0) is 13.1 Å². The van der Waals surface area contributed by atoms with Crippen molar-refractivity contribution in [2.75, 3.05) is 11.5 Å². The number of rotatable bonds is 4.